The molecule has 1 amide bonds. The van der Waals surface area contributed by atoms with Gasteiger partial charge < -0.3 is 10.1 Å². The van der Waals surface area contributed by atoms with Gasteiger partial charge in [0.05, 0.1) is 28.5 Å². The van der Waals surface area contributed by atoms with E-state index in [1.807, 2.05) is 30.3 Å². The van der Waals surface area contributed by atoms with E-state index in [-0.39, 0.29) is 10.7 Å². The SMILES string of the molecule is Cc1nn(Cc2ccccc2)c(Cl)c1/C=C/C(=O)OCC(=O)Nc1cc(C(F)(F)F)ccc1Cl. The van der Waals surface area contributed by atoms with E-state index in [1.54, 1.807) is 11.6 Å². The fourth-order valence-corrected chi connectivity index (χ4v) is 3.40. The summed E-state index contributed by atoms with van der Waals surface area (Å²) in [6, 6.07) is 12.0. The number of nitrogens with one attached hydrogen (secondary N) is 1. The molecule has 0 atom stereocenters. The number of hydrogen-bond donors (Lipinski definition) is 1. The number of hydrogen-bond acceptors (Lipinski definition) is 4. The van der Waals surface area contributed by atoms with Crippen molar-refractivity contribution >= 4 is 46.8 Å². The third-order valence-corrected chi connectivity index (χ3v) is 5.31. The molecule has 0 bridgehead atoms. The highest BCUT2D eigenvalue weighted by Crippen LogP contribution is 2.33. The summed E-state index contributed by atoms with van der Waals surface area (Å²) in [5.74, 6) is -1.70. The number of rotatable bonds is 7. The summed E-state index contributed by atoms with van der Waals surface area (Å²) < 4.78 is 44.9. The second kappa shape index (κ2) is 10.8. The van der Waals surface area contributed by atoms with Crippen LogP contribution >= 0.6 is 23.2 Å². The van der Waals surface area contributed by atoms with Gasteiger partial charge in [-0.25, -0.2) is 9.48 Å². The first-order valence-corrected chi connectivity index (χ1v) is 10.6. The Labute approximate surface area is 202 Å². The van der Waals surface area contributed by atoms with E-state index in [0.717, 1.165) is 23.8 Å². The minimum absolute atomic E-state index is 0.0924. The van der Waals surface area contributed by atoms with E-state index < -0.39 is 30.2 Å². The fraction of sp³-hybridized carbons (Fsp3) is 0.174. The van der Waals surface area contributed by atoms with E-state index >= 15 is 0 Å². The van der Waals surface area contributed by atoms with Crippen LogP contribution in [0.2, 0.25) is 10.2 Å². The number of alkyl halides is 3. The van der Waals surface area contributed by atoms with Crippen molar-refractivity contribution in [1.82, 2.24) is 9.78 Å². The zero-order valence-corrected chi connectivity index (χ0v) is 19.2. The molecule has 6 nitrogen and oxygen atoms in total. The van der Waals surface area contributed by atoms with Gasteiger partial charge in [-0.05, 0) is 36.8 Å². The smallest absolute Gasteiger partial charge is 0.416 e. The molecule has 3 rings (SSSR count). The Morgan fingerprint density at radius 3 is 2.53 bits per heavy atom. The molecule has 178 valence electrons. The Balaban J connectivity index is 1.58. The van der Waals surface area contributed by atoms with Crippen molar-refractivity contribution in [3.05, 3.63) is 87.2 Å². The number of benzene rings is 2. The molecule has 0 unspecified atom stereocenters. The summed E-state index contributed by atoms with van der Waals surface area (Å²) >= 11 is 12.2. The zero-order valence-electron chi connectivity index (χ0n) is 17.7. The number of anilines is 1. The first-order chi connectivity index (χ1) is 16.0. The molecule has 1 aromatic heterocycles. The summed E-state index contributed by atoms with van der Waals surface area (Å²) in [6.07, 6.45) is -2.11. The first kappa shape index (κ1) is 25.3. The molecule has 1 N–H and O–H groups in total. The van der Waals surface area contributed by atoms with Crippen LogP contribution in [0.15, 0.2) is 54.6 Å². The second-order valence-electron chi connectivity index (χ2n) is 7.11. The molecule has 0 fully saturated rings. The van der Waals surface area contributed by atoms with Crippen LogP contribution in [-0.4, -0.2) is 28.3 Å². The quantitative estimate of drug-likeness (QED) is 0.323. The van der Waals surface area contributed by atoms with Crippen molar-refractivity contribution in [2.45, 2.75) is 19.6 Å². The number of carbonyl (C=O) groups excluding carboxylic acids is 2. The van der Waals surface area contributed by atoms with Gasteiger partial charge in [0, 0.05) is 11.6 Å². The third kappa shape index (κ3) is 6.61. The Morgan fingerprint density at radius 1 is 1.15 bits per heavy atom. The van der Waals surface area contributed by atoms with Crippen LogP contribution < -0.4 is 5.32 Å². The Hall–Kier alpha value is -3.30. The van der Waals surface area contributed by atoms with Crippen LogP contribution in [0.4, 0.5) is 18.9 Å². The van der Waals surface area contributed by atoms with Crippen LogP contribution in [0.5, 0.6) is 0 Å². The molecule has 11 heteroatoms. The highest BCUT2D eigenvalue weighted by Gasteiger charge is 2.31. The molecule has 2 aromatic carbocycles. The molecule has 0 spiro atoms. The van der Waals surface area contributed by atoms with Crippen LogP contribution in [0.1, 0.15) is 22.4 Å². The van der Waals surface area contributed by atoms with Gasteiger partial charge in [-0.2, -0.15) is 18.3 Å². The molecule has 0 aliphatic carbocycles. The Bertz CT molecular complexity index is 1230. The van der Waals surface area contributed by atoms with E-state index in [0.29, 0.717) is 29.0 Å². The average molecular weight is 512 g/mol. The lowest BCUT2D eigenvalue weighted by Gasteiger charge is -2.11. The number of halogens is 5. The van der Waals surface area contributed by atoms with Gasteiger partial charge in [-0.15, -0.1) is 0 Å². The van der Waals surface area contributed by atoms with Crippen LogP contribution in [0, 0.1) is 6.92 Å². The monoisotopic (exact) mass is 511 g/mol. The van der Waals surface area contributed by atoms with Gasteiger partial charge in [0.15, 0.2) is 6.61 Å². The van der Waals surface area contributed by atoms with Gasteiger partial charge in [-0.3, -0.25) is 4.79 Å². The minimum Gasteiger partial charge on any atom is -0.452 e. The second-order valence-corrected chi connectivity index (χ2v) is 7.88. The molecule has 0 aliphatic heterocycles. The van der Waals surface area contributed by atoms with E-state index in [9.17, 15) is 22.8 Å². The van der Waals surface area contributed by atoms with Crippen LogP contribution in [0.3, 0.4) is 0 Å². The van der Waals surface area contributed by atoms with Gasteiger partial charge in [-0.1, -0.05) is 53.5 Å². The third-order valence-electron chi connectivity index (χ3n) is 4.58. The molecule has 0 radical (unpaired) electrons. The molecular weight excluding hydrogens is 494 g/mol. The summed E-state index contributed by atoms with van der Waals surface area (Å²) in [7, 11) is 0. The number of nitrogens with zero attached hydrogens (tertiary/aromatic N) is 2. The Kier molecular flexibility index (Phi) is 8.01. The topological polar surface area (TPSA) is 73.2 Å². The summed E-state index contributed by atoms with van der Waals surface area (Å²) in [5, 5.41) is 6.78. The minimum atomic E-state index is -4.60. The van der Waals surface area contributed by atoms with Gasteiger partial charge >= 0.3 is 12.1 Å². The van der Waals surface area contributed by atoms with Crippen molar-refractivity contribution in [2.24, 2.45) is 0 Å². The van der Waals surface area contributed by atoms with Crippen molar-refractivity contribution in [3.63, 3.8) is 0 Å². The largest absolute Gasteiger partial charge is 0.452 e. The lowest BCUT2D eigenvalue weighted by molar-refractivity contribution is -0.142. The number of aryl methyl sites for hydroxylation is 1. The van der Waals surface area contributed by atoms with Crippen molar-refractivity contribution < 1.29 is 27.5 Å². The molecule has 1 heterocycles. The predicted molar refractivity (Wildman–Crippen MR) is 123 cm³/mol. The van der Waals surface area contributed by atoms with Gasteiger partial charge in [0.2, 0.25) is 0 Å². The number of esters is 1. The van der Waals surface area contributed by atoms with E-state index in [1.165, 1.54) is 6.08 Å². The normalized spacial score (nSPS) is 11.6. The maximum Gasteiger partial charge on any atom is 0.416 e. The number of amides is 1. The summed E-state index contributed by atoms with van der Waals surface area (Å²) in [5.41, 5.74) is 0.860. The van der Waals surface area contributed by atoms with Gasteiger partial charge in [0.25, 0.3) is 5.91 Å². The maximum atomic E-state index is 12.8. The molecule has 0 aliphatic rings. The highest BCUT2D eigenvalue weighted by molar-refractivity contribution is 6.33. The summed E-state index contributed by atoms with van der Waals surface area (Å²) in [6.45, 7) is 1.44. The lowest BCUT2D eigenvalue weighted by atomic mass is 10.2. The van der Waals surface area contributed by atoms with Crippen molar-refractivity contribution in [2.75, 3.05) is 11.9 Å². The molecule has 34 heavy (non-hydrogen) atoms. The Morgan fingerprint density at radius 2 is 1.85 bits per heavy atom. The highest BCUT2D eigenvalue weighted by atomic mass is 35.5. The zero-order chi connectivity index (χ0) is 24.9. The lowest BCUT2D eigenvalue weighted by Crippen LogP contribution is -2.20. The van der Waals surface area contributed by atoms with Crippen LogP contribution in [-0.2, 0) is 27.0 Å². The van der Waals surface area contributed by atoms with Crippen LogP contribution in [0.25, 0.3) is 6.08 Å². The molecule has 3 aromatic rings. The molecule has 0 saturated carbocycles. The number of carbonyl (C=O) groups is 2. The number of aromatic nitrogens is 2. The standard InChI is InChI=1S/C23H18Cl2F3N3O3/c1-14-17(22(25)31(30-14)12-15-5-3-2-4-6-15)8-10-21(33)34-13-20(32)29-19-11-16(23(26,27)28)7-9-18(19)24/h2-11H,12-13H2,1H3,(H,29,32)/b10-8+. The molecular formula is C23H18Cl2F3N3O3. The van der Waals surface area contributed by atoms with E-state index in [4.69, 9.17) is 27.9 Å². The van der Waals surface area contributed by atoms with E-state index in [2.05, 4.69) is 10.4 Å². The van der Waals surface area contributed by atoms with Gasteiger partial charge in [0.1, 0.15) is 5.15 Å². The first-order valence-electron chi connectivity index (χ1n) is 9.83. The average Bonchev–Trinajstić information content (AvgIpc) is 3.04. The maximum absolute atomic E-state index is 12.8. The molecule has 0 saturated heterocycles. The fourth-order valence-electron chi connectivity index (χ4n) is 2.94. The number of ether oxygens (including phenoxy) is 1. The summed E-state index contributed by atoms with van der Waals surface area (Å²) in [4.78, 5) is 24.0. The van der Waals surface area contributed by atoms with Crippen molar-refractivity contribution in [3.8, 4) is 0 Å². The predicted octanol–water partition coefficient (Wildman–Crippen LogP) is 5.76. The van der Waals surface area contributed by atoms with Crippen molar-refractivity contribution in [1.29, 1.82) is 0 Å².